The number of fused-ring (bicyclic) bond motifs is 1. The second-order valence-corrected chi connectivity index (χ2v) is 3.85. The van der Waals surface area contributed by atoms with Crippen LogP contribution in [0.2, 0.25) is 0 Å². The highest BCUT2D eigenvalue weighted by atomic mass is 16.5. The minimum Gasteiger partial charge on any atom is -0.465 e. The van der Waals surface area contributed by atoms with E-state index in [1.807, 2.05) is 6.07 Å². The molecular formula is C13H13NO4. The molecule has 0 atom stereocenters. The third-order valence-electron chi connectivity index (χ3n) is 2.91. The number of nitrogens with one attached hydrogen (secondary N) is 1. The maximum atomic E-state index is 11.8. The zero-order chi connectivity index (χ0) is 13.3. The number of esters is 2. The van der Waals surface area contributed by atoms with Crippen molar-refractivity contribution in [3.05, 3.63) is 35.0 Å². The summed E-state index contributed by atoms with van der Waals surface area (Å²) in [6.07, 6.45) is 1.75. The standard InChI is InChI=1S/C13H13NO4/c1-7-8-4-5-14-10(8)6-9(12(15)17-2)11(7)13(16)18-3/h4-6,14H,1-3H3. The van der Waals surface area contributed by atoms with Crippen LogP contribution in [0.25, 0.3) is 10.9 Å². The van der Waals surface area contributed by atoms with E-state index in [9.17, 15) is 9.59 Å². The number of rotatable bonds is 2. The summed E-state index contributed by atoms with van der Waals surface area (Å²) in [4.78, 5) is 26.5. The van der Waals surface area contributed by atoms with Crippen LogP contribution in [-0.2, 0) is 9.47 Å². The quantitative estimate of drug-likeness (QED) is 0.824. The van der Waals surface area contributed by atoms with Crippen molar-refractivity contribution in [1.82, 2.24) is 4.98 Å². The van der Waals surface area contributed by atoms with Crippen molar-refractivity contribution < 1.29 is 19.1 Å². The summed E-state index contributed by atoms with van der Waals surface area (Å²) < 4.78 is 9.41. The third kappa shape index (κ3) is 1.73. The molecule has 5 nitrogen and oxygen atoms in total. The molecule has 0 amide bonds. The Bertz CT molecular complexity index is 627. The molecule has 0 aliphatic rings. The summed E-state index contributed by atoms with van der Waals surface area (Å²) in [6, 6.07) is 3.44. The van der Waals surface area contributed by atoms with Crippen LogP contribution in [-0.4, -0.2) is 31.1 Å². The maximum absolute atomic E-state index is 11.8. The smallest absolute Gasteiger partial charge is 0.339 e. The Labute approximate surface area is 104 Å². The highest BCUT2D eigenvalue weighted by Gasteiger charge is 2.23. The number of benzene rings is 1. The lowest BCUT2D eigenvalue weighted by molar-refractivity contribution is 0.0555. The number of carbonyl (C=O) groups is 2. The van der Waals surface area contributed by atoms with Gasteiger partial charge in [-0.1, -0.05) is 0 Å². The van der Waals surface area contributed by atoms with E-state index in [0.29, 0.717) is 5.56 Å². The monoisotopic (exact) mass is 247 g/mol. The lowest BCUT2D eigenvalue weighted by Gasteiger charge is -2.10. The number of methoxy groups -OCH3 is 2. The van der Waals surface area contributed by atoms with E-state index in [2.05, 4.69) is 4.98 Å². The summed E-state index contributed by atoms with van der Waals surface area (Å²) in [5.74, 6) is -1.11. The Kier molecular flexibility index (Phi) is 3.06. The van der Waals surface area contributed by atoms with Crippen LogP contribution < -0.4 is 0 Å². The van der Waals surface area contributed by atoms with E-state index in [4.69, 9.17) is 9.47 Å². The van der Waals surface area contributed by atoms with Crippen molar-refractivity contribution in [2.45, 2.75) is 6.92 Å². The first kappa shape index (κ1) is 12.2. The van der Waals surface area contributed by atoms with Gasteiger partial charge in [0.05, 0.1) is 25.3 Å². The van der Waals surface area contributed by atoms with Crippen LogP contribution in [0.1, 0.15) is 26.3 Å². The zero-order valence-corrected chi connectivity index (χ0v) is 10.4. The van der Waals surface area contributed by atoms with Crippen molar-refractivity contribution in [3.8, 4) is 0 Å². The number of H-pyrrole nitrogens is 1. The minimum absolute atomic E-state index is 0.205. The molecule has 0 spiro atoms. The first-order valence-electron chi connectivity index (χ1n) is 5.37. The van der Waals surface area contributed by atoms with Crippen molar-refractivity contribution in [2.75, 3.05) is 14.2 Å². The molecule has 0 saturated carbocycles. The molecule has 0 aliphatic carbocycles. The number of carbonyl (C=O) groups excluding carboxylic acids is 2. The van der Waals surface area contributed by atoms with Crippen molar-refractivity contribution in [3.63, 3.8) is 0 Å². The number of hydrogen-bond acceptors (Lipinski definition) is 4. The first-order valence-corrected chi connectivity index (χ1v) is 5.37. The van der Waals surface area contributed by atoms with Gasteiger partial charge in [0, 0.05) is 17.1 Å². The highest BCUT2D eigenvalue weighted by molar-refractivity contribution is 6.08. The van der Waals surface area contributed by atoms with Gasteiger partial charge in [-0.15, -0.1) is 0 Å². The minimum atomic E-state index is -0.560. The summed E-state index contributed by atoms with van der Waals surface area (Å²) in [5.41, 5.74) is 1.93. The summed E-state index contributed by atoms with van der Waals surface area (Å²) in [6.45, 7) is 1.77. The molecule has 1 aromatic carbocycles. The average molecular weight is 247 g/mol. The van der Waals surface area contributed by atoms with Gasteiger partial charge in [-0.05, 0) is 24.6 Å². The maximum Gasteiger partial charge on any atom is 0.339 e. The van der Waals surface area contributed by atoms with Gasteiger partial charge in [0.1, 0.15) is 0 Å². The summed E-state index contributed by atoms with van der Waals surface area (Å²) >= 11 is 0. The van der Waals surface area contributed by atoms with Crippen LogP contribution in [0.4, 0.5) is 0 Å². The highest BCUT2D eigenvalue weighted by Crippen LogP contribution is 2.26. The Balaban J connectivity index is 2.80. The predicted molar refractivity (Wildman–Crippen MR) is 65.7 cm³/mol. The molecule has 1 aromatic heterocycles. The Morgan fingerprint density at radius 2 is 1.83 bits per heavy atom. The Hall–Kier alpha value is -2.30. The van der Waals surface area contributed by atoms with E-state index in [-0.39, 0.29) is 11.1 Å². The third-order valence-corrected chi connectivity index (χ3v) is 2.91. The predicted octanol–water partition coefficient (Wildman–Crippen LogP) is 2.05. The molecule has 94 valence electrons. The van der Waals surface area contributed by atoms with Gasteiger partial charge >= 0.3 is 11.9 Å². The Morgan fingerprint density at radius 1 is 1.17 bits per heavy atom. The molecule has 18 heavy (non-hydrogen) atoms. The Morgan fingerprint density at radius 3 is 2.44 bits per heavy atom. The second kappa shape index (κ2) is 4.52. The van der Waals surface area contributed by atoms with Crippen molar-refractivity contribution in [2.24, 2.45) is 0 Å². The molecule has 0 saturated heterocycles. The van der Waals surface area contributed by atoms with Gasteiger partial charge in [-0.3, -0.25) is 0 Å². The van der Waals surface area contributed by atoms with Gasteiger partial charge in [-0.25, -0.2) is 9.59 Å². The summed E-state index contributed by atoms with van der Waals surface area (Å²) in [5, 5.41) is 0.878. The fourth-order valence-electron chi connectivity index (χ4n) is 2.02. The molecule has 5 heteroatoms. The molecule has 0 bridgehead atoms. The molecule has 0 aliphatic heterocycles. The van der Waals surface area contributed by atoms with Crippen LogP contribution in [0.15, 0.2) is 18.3 Å². The van der Waals surface area contributed by atoms with Crippen molar-refractivity contribution in [1.29, 1.82) is 0 Å². The number of aromatic amines is 1. The van der Waals surface area contributed by atoms with E-state index in [1.165, 1.54) is 14.2 Å². The number of ether oxygens (including phenoxy) is 2. The molecule has 1 N–H and O–H groups in total. The van der Waals surface area contributed by atoms with E-state index >= 15 is 0 Å². The van der Waals surface area contributed by atoms with Crippen LogP contribution in [0, 0.1) is 6.92 Å². The normalized spacial score (nSPS) is 10.4. The molecule has 0 unspecified atom stereocenters. The van der Waals surface area contributed by atoms with Gasteiger partial charge in [0.2, 0.25) is 0 Å². The van der Waals surface area contributed by atoms with Gasteiger partial charge in [-0.2, -0.15) is 0 Å². The fraction of sp³-hybridized carbons (Fsp3) is 0.231. The molecule has 0 radical (unpaired) electrons. The zero-order valence-electron chi connectivity index (χ0n) is 10.4. The molecule has 0 fully saturated rings. The molecule has 2 rings (SSSR count). The first-order chi connectivity index (χ1) is 8.60. The summed E-state index contributed by atoms with van der Waals surface area (Å²) in [7, 11) is 2.56. The topological polar surface area (TPSA) is 68.4 Å². The van der Waals surface area contributed by atoms with Crippen LogP contribution >= 0.6 is 0 Å². The lowest BCUT2D eigenvalue weighted by atomic mass is 9.98. The SMILES string of the molecule is COC(=O)c1cc2[nH]ccc2c(C)c1C(=O)OC. The molecule has 2 aromatic rings. The van der Waals surface area contributed by atoms with Gasteiger partial charge in [0.25, 0.3) is 0 Å². The second-order valence-electron chi connectivity index (χ2n) is 3.85. The van der Waals surface area contributed by atoms with Gasteiger partial charge < -0.3 is 14.5 Å². The van der Waals surface area contributed by atoms with Crippen LogP contribution in [0.3, 0.4) is 0 Å². The number of aromatic nitrogens is 1. The van der Waals surface area contributed by atoms with Crippen LogP contribution in [0.5, 0.6) is 0 Å². The van der Waals surface area contributed by atoms with Crippen molar-refractivity contribution >= 4 is 22.8 Å². The largest absolute Gasteiger partial charge is 0.465 e. The van der Waals surface area contributed by atoms with Gasteiger partial charge in [0.15, 0.2) is 0 Å². The number of aryl methyl sites for hydroxylation is 1. The molecule has 1 heterocycles. The van der Waals surface area contributed by atoms with E-state index < -0.39 is 11.9 Å². The number of hydrogen-bond donors (Lipinski definition) is 1. The van der Waals surface area contributed by atoms with E-state index in [1.54, 1.807) is 19.2 Å². The molecular weight excluding hydrogens is 234 g/mol. The van der Waals surface area contributed by atoms with E-state index in [0.717, 1.165) is 10.9 Å². The average Bonchev–Trinajstić information content (AvgIpc) is 2.85. The lowest BCUT2D eigenvalue weighted by Crippen LogP contribution is -2.13. The fourth-order valence-corrected chi connectivity index (χ4v) is 2.02.